The van der Waals surface area contributed by atoms with Crippen LogP contribution >= 0.6 is 0 Å². The minimum atomic E-state index is -0.111. The van der Waals surface area contributed by atoms with Gasteiger partial charge in [-0.25, -0.2) is 0 Å². The van der Waals surface area contributed by atoms with Gasteiger partial charge in [0.25, 0.3) is 5.91 Å². The summed E-state index contributed by atoms with van der Waals surface area (Å²) in [5, 5.41) is 3.94. The molecule has 1 atom stereocenters. The molecule has 2 aliphatic rings. The monoisotopic (exact) mass is 370 g/mol. The van der Waals surface area contributed by atoms with E-state index in [2.05, 4.69) is 17.3 Å². The van der Waals surface area contributed by atoms with E-state index in [0.29, 0.717) is 18.0 Å². The predicted octanol–water partition coefficient (Wildman–Crippen LogP) is 3.38. The van der Waals surface area contributed by atoms with Crippen LogP contribution in [0.15, 0.2) is 28.8 Å². The molecule has 0 N–H and O–H groups in total. The van der Waals surface area contributed by atoms with Crippen molar-refractivity contribution >= 4 is 5.91 Å². The third-order valence-electron chi connectivity index (χ3n) is 5.48. The maximum atomic E-state index is 12.6. The van der Waals surface area contributed by atoms with Crippen molar-refractivity contribution in [3.8, 4) is 5.75 Å². The van der Waals surface area contributed by atoms with Crippen LogP contribution in [0.4, 0.5) is 0 Å². The molecule has 27 heavy (non-hydrogen) atoms. The van der Waals surface area contributed by atoms with Gasteiger partial charge in [0.1, 0.15) is 12.4 Å². The van der Waals surface area contributed by atoms with Gasteiger partial charge in [-0.15, -0.1) is 0 Å². The van der Waals surface area contributed by atoms with Crippen LogP contribution < -0.4 is 4.74 Å². The number of carbonyl (C=O) groups excluding carboxylic acids is 1. The summed E-state index contributed by atoms with van der Waals surface area (Å²) in [6, 6.07) is 7.96. The molecule has 6 nitrogen and oxygen atoms in total. The smallest absolute Gasteiger partial charge is 0.276 e. The number of ether oxygens (including phenoxy) is 2. The number of hydrogen-bond acceptors (Lipinski definition) is 5. The van der Waals surface area contributed by atoms with Gasteiger partial charge in [-0.1, -0.05) is 11.2 Å². The third-order valence-corrected chi connectivity index (χ3v) is 5.48. The van der Waals surface area contributed by atoms with Gasteiger partial charge in [0.2, 0.25) is 0 Å². The first kappa shape index (κ1) is 18.0. The van der Waals surface area contributed by atoms with E-state index in [0.717, 1.165) is 38.0 Å². The Balaban J connectivity index is 1.36. The molecule has 1 aromatic heterocycles. The normalized spacial score (nSPS) is 19.6. The Hall–Kier alpha value is -2.34. The molecular weight excluding hydrogens is 344 g/mol. The van der Waals surface area contributed by atoms with Gasteiger partial charge in [0, 0.05) is 26.3 Å². The summed E-state index contributed by atoms with van der Waals surface area (Å²) in [7, 11) is 1.69. The van der Waals surface area contributed by atoms with Crippen molar-refractivity contribution in [1.29, 1.82) is 0 Å². The second-order valence-electron chi connectivity index (χ2n) is 7.36. The van der Waals surface area contributed by atoms with Crippen LogP contribution in [0.3, 0.4) is 0 Å². The molecule has 144 valence electrons. The number of piperidine rings is 1. The van der Waals surface area contributed by atoms with E-state index in [1.165, 1.54) is 24.0 Å². The molecule has 1 fully saturated rings. The van der Waals surface area contributed by atoms with E-state index in [9.17, 15) is 4.79 Å². The highest BCUT2D eigenvalue weighted by atomic mass is 16.5. The first-order chi connectivity index (χ1) is 13.2. The number of aromatic nitrogens is 1. The molecule has 2 heterocycles. The molecule has 0 bridgehead atoms. The highest BCUT2D eigenvalue weighted by Gasteiger charge is 2.26. The van der Waals surface area contributed by atoms with Gasteiger partial charge in [0.15, 0.2) is 11.5 Å². The average Bonchev–Trinajstić information content (AvgIpc) is 3.20. The highest BCUT2D eigenvalue weighted by molar-refractivity contribution is 5.92. The Morgan fingerprint density at radius 3 is 2.93 bits per heavy atom. The lowest BCUT2D eigenvalue weighted by molar-refractivity contribution is 0.0263. The minimum Gasteiger partial charge on any atom is -0.486 e. The van der Waals surface area contributed by atoms with Crippen LogP contribution in [0.25, 0.3) is 0 Å². The quantitative estimate of drug-likeness (QED) is 0.807. The highest BCUT2D eigenvalue weighted by Crippen LogP contribution is 2.26. The van der Waals surface area contributed by atoms with E-state index in [-0.39, 0.29) is 18.6 Å². The SMILES string of the molecule is COC1CCCN(C(=O)c2cc(COc3ccc4c(c3)CCCC4)on2)C1. The van der Waals surface area contributed by atoms with Crippen molar-refractivity contribution in [2.45, 2.75) is 51.2 Å². The molecule has 6 heteroatoms. The number of methoxy groups -OCH3 is 1. The standard InChI is InChI=1S/C21H26N2O4/c1-25-18-7-4-10-23(13-18)21(24)20-12-19(27-22-20)14-26-17-9-8-15-5-2-3-6-16(15)11-17/h8-9,11-12,18H,2-7,10,13-14H2,1H3. The first-order valence-electron chi connectivity index (χ1n) is 9.75. The lowest BCUT2D eigenvalue weighted by atomic mass is 9.92. The van der Waals surface area contributed by atoms with Gasteiger partial charge in [-0.05, 0) is 61.8 Å². The average molecular weight is 370 g/mol. The Labute approximate surface area is 159 Å². The first-order valence-corrected chi connectivity index (χ1v) is 9.75. The van der Waals surface area contributed by atoms with Crippen LogP contribution in [0.1, 0.15) is 53.1 Å². The molecular formula is C21H26N2O4. The summed E-state index contributed by atoms with van der Waals surface area (Å²) in [5.41, 5.74) is 3.14. The minimum absolute atomic E-state index is 0.0985. The van der Waals surface area contributed by atoms with Crippen LogP contribution in [0.2, 0.25) is 0 Å². The van der Waals surface area contributed by atoms with E-state index in [4.69, 9.17) is 14.0 Å². The van der Waals surface area contributed by atoms with Crippen molar-refractivity contribution in [2.24, 2.45) is 0 Å². The topological polar surface area (TPSA) is 64.8 Å². The third kappa shape index (κ3) is 4.16. The fraction of sp³-hybridized carbons (Fsp3) is 0.524. The molecule has 2 aromatic rings. The summed E-state index contributed by atoms with van der Waals surface area (Å²) in [4.78, 5) is 14.4. The largest absolute Gasteiger partial charge is 0.486 e. The zero-order chi connectivity index (χ0) is 18.6. The van der Waals surface area contributed by atoms with E-state index < -0.39 is 0 Å². The number of benzene rings is 1. The Morgan fingerprint density at radius 1 is 1.22 bits per heavy atom. The zero-order valence-electron chi connectivity index (χ0n) is 15.8. The maximum Gasteiger partial charge on any atom is 0.276 e. The molecule has 0 saturated carbocycles. The number of fused-ring (bicyclic) bond motifs is 1. The van der Waals surface area contributed by atoms with Crippen molar-refractivity contribution in [3.63, 3.8) is 0 Å². The number of aryl methyl sites for hydroxylation is 2. The van der Waals surface area contributed by atoms with E-state index in [1.54, 1.807) is 18.1 Å². The van der Waals surface area contributed by atoms with Crippen molar-refractivity contribution in [2.75, 3.05) is 20.2 Å². The summed E-state index contributed by atoms with van der Waals surface area (Å²) in [6.07, 6.45) is 6.81. The summed E-state index contributed by atoms with van der Waals surface area (Å²) < 4.78 is 16.5. The number of carbonyl (C=O) groups is 1. The lowest BCUT2D eigenvalue weighted by Crippen LogP contribution is -2.43. The molecule has 1 aliphatic carbocycles. The number of amides is 1. The Morgan fingerprint density at radius 2 is 2.07 bits per heavy atom. The molecule has 1 amide bonds. The van der Waals surface area contributed by atoms with Crippen LogP contribution in [0, 0.1) is 0 Å². The number of hydrogen-bond donors (Lipinski definition) is 0. The molecule has 0 spiro atoms. The lowest BCUT2D eigenvalue weighted by Gasteiger charge is -2.31. The van der Waals surface area contributed by atoms with Gasteiger partial charge < -0.3 is 18.9 Å². The maximum absolute atomic E-state index is 12.6. The van der Waals surface area contributed by atoms with Gasteiger partial charge in [-0.2, -0.15) is 0 Å². The fourth-order valence-electron chi connectivity index (χ4n) is 3.91. The number of rotatable bonds is 5. The molecule has 4 rings (SSSR count). The zero-order valence-corrected chi connectivity index (χ0v) is 15.8. The predicted molar refractivity (Wildman–Crippen MR) is 99.9 cm³/mol. The molecule has 1 aliphatic heterocycles. The molecule has 1 aromatic carbocycles. The second kappa shape index (κ2) is 8.13. The van der Waals surface area contributed by atoms with Crippen LogP contribution in [0.5, 0.6) is 5.75 Å². The fourth-order valence-corrected chi connectivity index (χ4v) is 3.91. The van der Waals surface area contributed by atoms with Crippen molar-refractivity contribution < 1.29 is 18.8 Å². The van der Waals surface area contributed by atoms with Crippen molar-refractivity contribution in [3.05, 3.63) is 46.8 Å². The molecule has 1 unspecified atom stereocenters. The summed E-state index contributed by atoms with van der Waals surface area (Å²) in [6.45, 7) is 1.59. The number of nitrogens with zero attached hydrogens (tertiary/aromatic N) is 2. The van der Waals surface area contributed by atoms with Crippen LogP contribution in [-0.4, -0.2) is 42.3 Å². The number of likely N-dealkylation sites (tertiary alicyclic amines) is 1. The molecule has 0 radical (unpaired) electrons. The van der Waals surface area contributed by atoms with Crippen molar-refractivity contribution in [1.82, 2.24) is 10.1 Å². The summed E-state index contributed by atoms with van der Waals surface area (Å²) >= 11 is 0. The van der Waals surface area contributed by atoms with Gasteiger partial charge in [0.05, 0.1) is 6.10 Å². The Bertz CT molecular complexity index is 801. The second-order valence-corrected chi connectivity index (χ2v) is 7.36. The van der Waals surface area contributed by atoms with Crippen LogP contribution in [-0.2, 0) is 24.2 Å². The van der Waals surface area contributed by atoms with Gasteiger partial charge >= 0.3 is 0 Å². The van der Waals surface area contributed by atoms with E-state index >= 15 is 0 Å². The van der Waals surface area contributed by atoms with E-state index in [1.807, 2.05) is 6.07 Å². The Kier molecular flexibility index (Phi) is 5.43. The van der Waals surface area contributed by atoms with Gasteiger partial charge in [-0.3, -0.25) is 4.79 Å². The molecule has 1 saturated heterocycles. The summed E-state index contributed by atoms with van der Waals surface area (Å²) in [5.74, 6) is 1.27.